The number of rotatable bonds is 2. The topological polar surface area (TPSA) is 84.2 Å². The van der Waals surface area contributed by atoms with Crippen molar-refractivity contribution in [1.82, 2.24) is 16.0 Å². The number of aromatic nitrogens is 1. The van der Waals surface area contributed by atoms with Crippen LogP contribution in [0.2, 0.25) is 5.02 Å². The molecule has 2 N–H and O–H groups in total. The van der Waals surface area contributed by atoms with Crippen LogP contribution in [0.3, 0.4) is 0 Å². The number of carbonyl (C=O) groups is 2. The minimum Gasteiger partial charge on any atom is -0.364 e. The fourth-order valence-electron chi connectivity index (χ4n) is 1.26. The number of amides is 2. The van der Waals surface area contributed by atoms with Crippen molar-refractivity contribution < 1.29 is 18.5 Å². The van der Waals surface area contributed by atoms with Crippen molar-refractivity contribution in [3.63, 3.8) is 0 Å². The molecule has 1 aromatic carbocycles. The fraction of sp³-hybridized carbons (Fsp3) is 0. The first-order valence-corrected chi connectivity index (χ1v) is 5.41. The Balaban J connectivity index is 2.00. The van der Waals surface area contributed by atoms with E-state index in [-0.39, 0.29) is 16.3 Å². The van der Waals surface area contributed by atoms with E-state index >= 15 is 0 Å². The van der Waals surface area contributed by atoms with Crippen molar-refractivity contribution in [2.75, 3.05) is 0 Å². The van der Waals surface area contributed by atoms with Gasteiger partial charge >= 0.3 is 0 Å². The normalized spacial score (nSPS) is 10.0. The summed E-state index contributed by atoms with van der Waals surface area (Å²) < 4.78 is 17.5. The minimum atomic E-state index is -0.710. The second-order valence-corrected chi connectivity index (χ2v) is 3.89. The van der Waals surface area contributed by atoms with Gasteiger partial charge in [0.2, 0.25) is 0 Å². The van der Waals surface area contributed by atoms with Crippen LogP contribution in [-0.4, -0.2) is 17.0 Å². The molecule has 0 unspecified atom stereocenters. The van der Waals surface area contributed by atoms with Gasteiger partial charge in [-0.15, -0.1) is 0 Å². The monoisotopic (exact) mass is 283 g/mol. The van der Waals surface area contributed by atoms with Crippen LogP contribution >= 0.6 is 11.6 Å². The third kappa shape index (κ3) is 3.29. The zero-order valence-electron chi connectivity index (χ0n) is 9.31. The summed E-state index contributed by atoms with van der Waals surface area (Å²) in [5, 5.41) is 3.45. The summed E-state index contributed by atoms with van der Waals surface area (Å²) in [6.45, 7) is 0. The molecule has 8 heteroatoms. The van der Waals surface area contributed by atoms with Crippen molar-refractivity contribution >= 4 is 23.4 Å². The molecule has 2 aromatic rings. The van der Waals surface area contributed by atoms with Crippen molar-refractivity contribution in [3.05, 3.63) is 52.6 Å². The summed E-state index contributed by atoms with van der Waals surface area (Å²) in [6.07, 6.45) is 1.21. The Morgan fingerprint density at radius 3 is 2.58 bits per heavy atom. The van der Waals surface area contributed by atoms with E-state index in [1.807, 2.05) is 0 Å². The molecule has 1 heterocycles. The molecule has 1 aromatic heterocycles. The molecule has 0 spiro atoms. The van der Waals surface area contributed by atoms with Crippen LogP contribution in [-0.2, 0) is 0 Å². The lowest BCUT2D eigenvalue weighted by molar-refractivity contribution is 0.0841. The highest BCUT2D eigenvalue weighted by molar-refractivity contribution is 6.31. The molecule has 19 heavy (non-hydrogen) atoms. The molecule has 2 amide bonds. The molecule has 0 aliphatic heterocycles. The highest BCUT2D eigenvalue weighted by atomic mass is 35.5. The van der Waals surface area contributed by atoms with Crippen molar-refractivity contribution in [3.8, 4) is 0 Å². The minimum absolute atomic E-state index is 0.00225. The first-order valence-electron chi connectivity index (χ1n) is 5.03. The SMILES string of the molecule is O=C(NNC(=O)c1ccon1)c1cc(F)cc(Cl)c1. The Hall–Kier alpha value is -2.41. The quantitative estimate of drug-likeness (QED) is 0.819. The average Bonchev–Trinajstić information content (AvgIpc) is 2.88. The van der Waals surface area contributed by atoms with Crippen molar-refractivity contribution in [1.29, 1.82) is 0 Å². The van der Waals surface area contributed by atoms with Gasteiger partial charge in [0.25, 0.3) is 11.8 Å². The fourth-order valence-corrected chi connectivity index (χ4v) is 1.49. The Morgan fingerprint density at radius 1 is 1.21 bits per heavy atom. The first-order chi connectivity index (χ1) is 9.06. The predicted molar refractivity (Wildman–Crippen MR) is 62.8 cm³/mol. The molecule has 0 fully saturated rings. The van der Waals surface area contributed by atoms with Gasteiger partial charge in [0.05, 0.1) is 0 Å². The summed E-state index contributed by atoms with van der Waals surface area (Å²) in [6, 6.07) is 4.64. The van der Waals surface area contributed by atoms with Crippen LogP contribution in [0.25, 0.3) is 0 Å². The van der Waals surface area contributed by atoms with Crippen LogP contribution in [0.15, 0.2) is 35.1 Å². The molecule has 2 rings (SSSR count). The number of nitrogens with one attached hydrogen (secondary N) is 2. The summed E-state index contributed by atoms with van der Waals surface area (Å²) in [4.78, 5) is 23.1. The van der Waals surface area contributed by atoms with Gasteiger partial charge in [-0.3, -0.25) is 20.4 Å². The number of hydrogen-bond donors (Lipinski definition) is 2. The Morgan fingerprint density at radius 2 is 1.95 bits per heavy atom. The van der Waals surface area contributed by atoms with Crippen LogP contribution in [0, 0.1) is 5.82 Å². The summed E-state index contributed by atoms with van der Waals surface area (Å²) in [7, 11) is 0. The average molecular weight is 284 g/mol. The number of carbonyl (C=O) groups excluding carboxylic acids is 2. The lowest BCUT2D eigenvalue weighted by atomic mass is 10.2. The van der Waals surface area contributed by atoms with Gasteiger partial charge in [0.15, 0.2) is 5.69 Å². The standard InChI is InChI=1S/C11H7ClFN3O3/c12-7-3-6(4-8(13)5-7)10(17)14-15-11(18)9-1-2-19-16-9/h1-5H,(H,14,17)(H,15,18). The van der Waals surface area contributed by atoms with Crippen molar-refractivity contribution in [2.45, 2.75) is 0 Å². The van der Waals surface area contributed by atoms with Crippen LogP contribution in [0.5, 0.6) is 0 Å². The molecule has 6 nitrogen and oxygen atoms in total. The van der Waals surface area contributed by atoms with Gasteiger partial charge in [-0.05, 0) is 18.2 Å². The Labute approximate surface area is 111 Å². The summed E-state index contributed by atoms with van der Waals surface area (Å²) >= 11 is 5.61. The maximum Gasteiger partial charge on any atom is 0.291 e. The van der Waals surface area contributed by atoms with Crippen LogP contribution < -0.4 is 10.9 Å². The second kappa shape index (κ2) is 5.49. The van der Waals surface area contributed by atoms with Gasteiger partial charge in [-0.1, -0.05) is 16.8 Å². The van der Waals surface area contributed by atoms with E-state index in [2.05, 4.69) is 20.5 Å². The molecule has 0 aliphatic carbocycles. The van der Waals surface area contributed by atoms with E-state index in [1.54, 1.807) is 0 Å². The summed E-state index contributed by atoms with van der Waals surface area (Å²) in [5.41, 5.74) is 4.17. The zero-order valence-corrected chi connectivity index (χ0v) is 10.1. The smallest absolute Gasteiger partial charge is 0.291 e. The van der Waals surface area contributed by atoms with E-state index in [1.165, 1.54) is 18.4 Å². The maximum atomic E-state index is 13.0. The number of nitrogens with zero attached hydrogens (tertiary/aromatic N) is 1. The molecular weight excluding hydrogens is 277 g/mol. The largest absolute Gasteiger partial charge is 0.364 e. The number of benzene rings is 1. The third-order valence-corrected chi connectivity index (χ3v) is 2.30. The molecule has 0 saturated heterocycles. The second-order valence-electron chi connectivity index (χ2n) is 3.45. The zero-order chi connectivity index (χ0) is 13.8. The maximum absolute atomic E-state index is 13.0. The van der Waals surface area contributed by atoms with Crippen LogP contribution in [0.1, 0.15) is 20.8 Å². The molecule has 98 valence electrons. The molecule has 0 atom stereocenters. The molecule has 0 aliphatic rings. The van der Waals surface area contributed by atoms with Crippen molar-refractivity contribution in [2.24, 2.45) is 0 Å². The summed E-state index contributed by atoms with van der Waals surface area (Å²) in [5.74, 6) is -2.02. The van der Waals surface area contributed by atoms with Gasteiger partial charge in [-0.2, -0.15) is 0 Å². The van der Waals surface area contributed by atoms with E-state index in [0.717, 1.165) is 12.1 Å². The number of hydrogen-bond acceptors (Lipinski definition) is 4. The number of halogens is 2. The van der Waals surface area contributed by atoms with Gasteiger partial charge in [0, 0.05) is 16.7 Å². The van der Waals surface area contributed by atoms with Gasteiger partial charge in [0.1, 0.15) is 12.1 Å². The highest BCUT2D eigenvalue weighted by Gasteiger charge is 2.12. The van der Waals surface area contributed by atoms with Gasteiger partial charge < -0.3 is 4.52 Å². The Kier molecular flexibility index (Phi) is 3.76. The molecule has 0 bridgehead atoms. The van der Waals surface area contributed by atoms with E-state index in [0.29, 0.717) is 0 Å². The lowest BCUT2D eigenvalue weighted by Gasteiger charge is -2.06. The van der Waals surface area contributed by atoms with Gasteiger partial charge in [-0.25, -0.2) is 4.39 Å². The number of hydrazine groups is 1. The van der Waals surface area contributed by atoms with E-state index < -0.39 is 17.6 Å². The van der Waals surface area contributed by atoms with Crippen LogP contribution in [0.4, 0.5) is 4.39 Å². The molecular formula is C11H7ClFN3O3. The first kappa shape index (κ1) is 13.0. The van der Waals surface area contributed by atoms with E-state index in [4.69, 9.17) is 11.6 Å². The third-order valence-electron chi connectivity index (χ3n) is 2.08. The highest BCUT2D eigenvalue weighted by Crippen LogP contribution is 2.13. The molecule has 0 radical (unpaired) electrons. The van der Waals surface area contributed by atoms with E-state index in [9.17, 15) is 14.0 Å². The predicted octanol–water partition coefficient (Wildman–Crippen LogP) is 1.54. The lowest BCUT2D eigenvalue weighted by Crippen LogP contribution is -2.41. The molecule has 0 saturated carbocycles. The Bertz CT molecular complexity index is 595.